The number of piperidine rings is 1. The summed E-state index contributed by atoms with van der Waals surface area (Å²) >= 11 is 0.842. The third-order valence-electron chi connectivity index (χ3n) is 4.30. The molecule has 2 aliphatic heterocycles. The Balaban J connectivity index is 1.71. The van der Waals surface area contributed by atoms with Crippen molar-refractivity contribution in [2.24, 2.45) is 0 Å². The molecular formula is C18H20N2O4S. The Kier molecular flexibility index (Phi) is 5.43. The SMILES string of the molecule is COC(=O)CN1C(=O)S/C(=C\c2ccc(N3CCCCC3)cc2)C1=O. The number of hydrogen-bond acceptors (Lipinski definition) is 6. The van der Waals surface area contributed by atoms with Gasteiger partial charge in [0.25, 0.3) is 11.1 Å². The van der Waals surface area contributed by atoms with Crippen LogP contribution in [0.15, 0.2) is 29.2 Å². The Bertz CT molecular complexity index is 708. The van der Waals surface area contributed by atoms with Gasteiger partial charge < -0.3 is 9.64 Å². The van der Waals surface area contributed by atoms with Crippen LogP contribution in [-0.2, 0) is 14.3 Å². The van der Waals surface area contributed by atoms with Crippen LogP contribution in [0.3, 0.4) is 0 Å². The number of imide groups is 1. The molecule has 0 unspecified atom stereocenters. The number of nitrogens with zero attached hydrogens (tertiary/aromatic N) is 2. The van der Waals surface area contributed by atoms with Crippen molar-refractivity contribution in [2.45, 2.75) is 19.3 Å². The Morgan fingerprint density at radius 2 is 1.84 bits per heavy atom. The summed E-state index contributed by atoms with van der Waals surface area (Å²) in [4.78, 5) is 39.1. The van der Waals surface area contributed by atoms with Crippen molar-refractivity contribution < 1.29 is 19.1 Å². The summed E-state index contributed by atoms with van der Waals surface area (Å²) in [6.07, 6.45) is 5.41. The number of rotatable bonds is 4. The van der Waals surface area contributed by atoms with Crippen molar-refractivity contribution >= 4 is 40.6 Å². The number of methoxy groups -OCH3 is 1. The topological polar surface area (TPSA) is 66.9 Å². The maximum Gasteiger partial charge on any atom is 0.325 e. The lowest BCUT2D eigenvalue weighted by Crippen LogP contribution is -2.34. The molecule has 132 valence electrons. The highest BCUT2D eigenvalue weighted by Gasteiger charge is 2.36. The molecule has 2 aliphatic rings. The van der Waals surface area contributed by atoms with E-state index in [2.05, 4.69) is 9.64 Å². The quantitative estimate of drug-likeness (QED) is 0.608. The molecule has 25 heavy (non-hydrogen) atoms. The summed E-state index contributed by atoms with van der Waals surface area (Å²) in [5.41, 5.74) is 2.03. The van der Waals surface area contributed by atoms with Crippen molar-refractivity contribution in [1.29, 1.82) is 0 Å². The third-order valence-corrected chi connectivity index (χ3v) is 5.21. The predicted octanol–water partition coefficient (Wildman–Crippen LogP) is 2.89. The van der Waals surface area contributed by atoms with Gasteiger partial charge in [0.15, 0.2) is 0 Å². The van der Waals surface area contributed by atoms with Crippen LogP contribution in [0, 0.1) is 0 Å². The van der Waals surface area contributed by atoms with E-state index in [1.807, 2.05) is 24.3 Å². The van der Waals surface area contributed by atoms with Crippen molar-refractivity contribution in [1.82, 2.24) is 4.90 Å². The number of esters is 1. The van der Waals surface area contributed by atoms with E-state index in [1.54, 1.807) is 6.08 Å². The van der Waals surface area contributed by atoms with Crippen LogP contribution in [0.4, 0.5) is 10.5 Å². The van der Waals surface area contributed by atoms with Crippen LogP contribution in [-0.4, -0.2) is 48.8 Å². The molecule has 0 N–H and O–H groups in total. The normalized spacial score (nSPS) is 19.6. The van der Waals surface area contributed by atoms with Gasteiger partial charge in [0, 0.05) is 18.8 Å². The molecule has 2 fully saturated rings. The molecule has 1 aromatic rings. The lowest BCUT2D eigenvalue weighted by Gasteiger charge is -2.28. The molecule has 7 heteroatoms. The van der Waals surface area contributed by atoms with Crippen LogP contribution >= 0.6 is 11.8 Å². The highest BCUT2D eigenvalue weighted by atomic mass is 32.2. The van der Waals surface area contributed by atoms with Gasteiger partial charge in [-0.3, -0.25) is 19.3 Å². The van der Waals surface area contributed by atoms with Gasteiger partial charge in [0.1, 0.15) is 6.54 Å². The lowest BCUT2D eigenvalue weighted by atomic mass is 10.1. The van der Waals surface area contributed by atoms with Gasteiger partial charge >= 0.3 is 5.97 Å². The van der Waals surface area contributed by atoms with Gasteiger partial charge in [-0.2, -0.15) is 0 Å². The highest BCUT2D eigenvalue weighted by molar-refractivity contribution is 8.18. The molecule has 2 heterocycles. The average Bonchev–Trinajstić information content (AvgIpc) is 2.90. The summed E-state index contributed by atoms with van der Waals surface area (Å²) < 4.78 is 4.51. The van der Waals surface area contributed by atoms with E-state index in [0.717, 1.165) is 35.3 Å². The fourth-order valence-electron chi connectivity index (χ4n) is 2.91. The molecule has 0 atom stereocenters. The molecule has 2 amide bonds. The predicted molar refractivity (Wildman–Crippen MR) is 97.2 cm³/mol. The minimum atomic E-state index is -0.616. The zero-order valence-electron chi connectivity index (χ0n) is 14.1. The summed E-state index contributed by atoms with van der Waals surface area (Å²) in [5.74, 6) is -1.07. The summed E-state index contributed by atoms with van der Waals surface area (Å²) in [6.45, 7) is 1.80. The van der Waals surface area contributed by atoms with Crippen molar-refractivity contribution in [3.63, 3.8) is 0 Å². The largest absolute Gasteiger partial charge is 0.468 e. The second-order valence-electron chi connectivity index (χ2n) is 5.98. The van der Waals surface area contributed by atoms with E-state index in [1.165, 1.54) is 32.1 Å². The van der Waals surface area contributed by atoms with E-state index >= 15 is 0 Å². The number of thioether (sulfide) groups is 1. The van der Waals surface area contributed by atoms with Crippen LogP contribution < -0.4 is 4.90 Å². The third kappa shape index (κ3) is 4.04. The van der Waals surface area contributed by atoms with Crippen LogP contribution in [0.5, 0.6) is 0 Å². The standard InChI is InChI=1S/C18H20N2O4S/c1-24-16(21)12-20-17(22)15(25-18(20)23)11-13-5-7-14(8-6-13)19-9-3-2-4-10-19/h5-8,11H,2-4,9-10,12H2,1H3/b15-11-. The minimum absolute atomic E-state index is 0.319. The van der Waals surface area contributed by atoms with Crippen LogP contribution in [0.2, 0.25) is 0 Å². The van der Waals surface area contributed by atoms with Crippen molar-refractivity contribution in [3.8, 4) is 0 Å². The first kappa shape index (κ1) is 17.5. The molecule has 6 nitrogen and oxygen atoms in total. The van der Waals surface area contributed by atoms with Gasteiger partial charge in [-0.25, -0.2) is 0 Å². The van der Waals surface area contributed by atoms with Gasteiger partial charge in [-0.1, -0.05) is 12.1 Å². The second kappa shape index (κ2) is 7.74. The molecule has 2 saturated heterocycles. The first-order valence-electron chi connectivity index (χ1n) is 8.25. The number of benzene rings is 1. The number of amides is 2. The average molecular weight is 360 g/mol. The molecule has 0 radical (unpaired) electrons. The van der Waals surface area contributed by atoms with Crippen molar-refractivity contribution in [2.75, 3.05) is 31.6 Å². The fourth-order valence-corrected chi connectivity index (χ4v) is 3.75. The van der Waals surface area contributed by atoms with Gasteiger partial charge in [-0.15, -0.1) is 0 Å². The van der Waals surface area contributed by atoms with E-state index in [4.69, 9.17) is 0 Å². The van der Waals surface area contributed by atoms with E-state index in [0.29, 0.717) is 4.91 Å². The maximum absolute atomic E-state index is 12.3. The lowest BCUT2D eigenvalue weighted by molar-refractivity contribution is -0.143. The second-order valence-corrected chi connectivity index (χ2v) is 6.98. The molecule has 0 aliphatic carbocycles. The monoisotopic (exact) mass is 360 g/mol. The molecule has 1 aromatic carbocycles. The molecule has 0 aromatic heterocycles. The summed E-state index contributed by atoms with van der Waals surface area (Å²) in [7, 11) is 1.22. The van der Waals surface area contributed by atoms with E-state index < -0.39 is 17.1 Å². The number of anilines is 1. The smallest absolute Gasteiger partial charge is 0.325 e. The molecule has 3 rings (SSSR count). The Morgan fingerprint density at radius 1 is 1.16 bits per heavy atom. The maximum atomic E-state index is 12.3. The molecular weight excluding hydrogens is 340 g/mol. The first-order chi connectivity index (χ1) is 12.1. The highest BCUT2D eigenvalue weighted by Crippen LogP contribution is 2.32. The molecule has 0 saturated carbocycles. The summed E-state index contributed by atoms with van der Waals surface area (Å²) in [5, 5.41) is -0.452. The Hall–Kier alpha value is -2.28. The number of carbonyl (C=O) groups excluding carboxylic acids is 3. The summed E-state index contributed by atoms with van der Waals surface area (Å²) in [6, 6.07) is 7.96. The van der Waals surface area contributed by atoms with Crippen molar-refractivity contribution in [3.05, 3.63) is 34.7 Å². The zero-order valence-corrected chi connectivity index (χ0v) is 14.9. The number of carbonyl (C=O) groups is 3. The minimum Gasteiger partial charge on any atom is -0.468 e. The number of hydrogen-bond donors (Lipinski definition) is 0. The Labute approximate surface area is 150 Å². The van der Waals surface area contributed by atoms with Crippen LogP contribution in [0.1, 0.15) is 24.8 Å². The van der Waals surface area contributed by atoms with Gasteiger partial charge in [-0.05, 0) is 54.8 Å². The van der Waals surface area contributed by atoms with Gasteiger partial charge in [0.2, 0.25) is 0 Å². The van der Waals surface area contributed by atoms with Crippen LogP contribution in [0.25, 0.3) is 6.08 Å². The Morgan fingerprint density at radius 3 is 2.48 bits per heavy atom. The zero-order chi connectivity index (χ0) is 17.8. The fraction of sp³-hybridized carbons (Fsp3) is 0.389. The molecule has 0 bridgehead atoms. The molecule has 0 spiro atoms. The number of ether oxygens (including phenoxy) is 1. The van der Waals surface area contributed by atoms with Gasteiger partial charge in [0.05, 0.1) is 12.0 Å². The van der Waals surface area contributed by atoms with E-state index in [-0.39, 0.29) is 6.54 Å². The first-order valence-corrected chi connectivity index (χ1v) is 9.07. The van der Waals surface area contributed by atoms with E-state index in [9.17, 15) is 14.4 Å².